The number of esters is 1. The summed E-state index contributed by atoms with van der Waals surface area (Å²) >= 11 is 0. The van der Waals surface area contributed by atoms with Gasteiger partial charge in [0.2, 0.25) is 17.7 Å². The molecule has 77 heavy (non-hydrogen) atoms. The molecule has 0 saturated heterocycles. The number of Topliss-reactive ketones (excluding diaryl/α,β-unsaturated/α-hetero) is 2. The Bertz CT molecular complexity index is 2660. The Labute approximate surface area is 456 Å². The lowest BCUT2D eigenvalue weighted by molar-refractivity contribution is -0.121. The van der Waals surface area contributed by atoms with Crippen molar-refractivity contribution in [2.45, 2.75) is 145 Å². The van der Waals surface area contributed by atoms with Crippen LogP contribution in [0.1, 0.15) is 175 Å². The Kier molecular flexibility index (Phi) is 21.3. The molecule has 0 bridgehead atoms. The first-order valence-electron chi connectivity index (χ1n) is 28.5. The van der Waals surface area contributed by atoms with E-state index in [9.17, 15) is 28.8 Å². The average Bonchev–Trinajstić information content (AvgIpc) is 4.17. The van der Waals surface area contributed by atoms with E-state index in [2.05, 4.69) is 64.4 Å². The van der Waals surface area contributed by atoms with E-state index in [0.29, 0.717) is 115 Å². The van der Waals surface area contributed by atoms with E-state index in [1.807, 2.05) is 30.3 Å². The summed E-state index contributed by atoms with van der Waals surface area (Å²) in [4.78, 5) is 83.7. The molecule has 4 aromatic carbocycles. The highest BCUT2D eigenvalue weighted by molar-refractivity contribution is 6.02. The fourth-order valence-electron chi connectivity index (χ4n) is 11.0. The molecule has 0 spiro atoms. The molecule has 7 rings (SSSR count). The number of ketones is 2. The van der Waals surface area contributed by atoms with Crippen molar-refractivity contribution in [1.82, 2.24) is 0 Å². The number of hydrogen-bond acceptors (Lipinski definition) is 10. The molecule has 414 valence electrons. The zero-order valence-electron chi connectivity index (χ0n) is 46.6. The van der Waals surface area contributed by atoms with E-state index in [-0.39, 0.29) is 72.1 Å². The summed E-state index contributed by atoms with van der Waals surface area (Å²) in [6.07, 6.45) is 9.73. The van der Waals surface area contributed by atoms with Gasteiger partial charge in [-0.25, -0.2) is 4.79 Å². The molecule has 6 atom stereocenters. The van der Waals surface area contributed by atoms with Crippen molar-refractivity contribution in [2.24, 2.45) is 53.3 Å². The first-order chi connectivity index (χ1) is 37.0. The van der Waals surface area contributed by atoms with Crippen LogP contribution in [0.15, 0.2) is 84.9 Å². The predicted molar refractivity (Wildman–Crippen MR) is 302 cm³/mol. The van der Waals surface area contributed by atoms with Crippen molar-refractivity contribution in [1.29, 1.82) is 0 Å². The second-order valence-electron chi connectivity index (χ2n) is 23.2. The maximum atomic E-state index is 14.4. The fourth-order valence-corrected chi connectivity index (χ4v) is 11.0. The van der Waals surface area contributed by atoms with Gasteiger partial charge >= 0.3 is 5.97 Å². The summed E-state index contributed by atoms with van der Waals surface area (Å²) in [5.41, 5.74) is 3.27. The van der Waals surface area contributed by atoms with Crippen molar-refractivity contribution in [3.8, 4) is 17.2 Å². The molecule has 3 fully saturated rings. The van der Waals surface area contributed by atoms with Crippen LogP contribution in [0.3, 0.4) is 0 Å². The Balaban J connectivity index is 1.03. The third kappa shape index (κ3) is 17.5. The smallest absolute Gasteiger partial charge is 0.338 e. The van der Waals surface area contributed by atoms with Crippen molar-refractivity contribution >= 4 is 52.3 Å². The number of hydrogen-bond donors (Lipinski definition) is 3. The minimum Gasteiger partial charge on any atom is -0.493 e. The molecule has 0 aliphatic heterocycles. The number of carbonyl (C=O) groups excluding carboxylic acids is 6. The lowest BCUT2D eigenvalue weighted by atomic mass is 9.88. The van der Waals surface area contributed by atoms with Gasteiger partial charge in [0.15, 0.2) is 11.6 Å². The third-order valence-corrected chi connectivity index (χ3v) is 15.6. The summed E-state index contributed by atoms with van der Waals surface area (Å²) in [5.74, 6) is 0.159. The SMILES string of the molecule is CC(C)CCOc1cc(NC(=O)[C@H]2CCC[C@@H]2CC(=O)c2cc(NC(=O)[C@H]3CCC[C@@H]3C)cc(OCCC(C)C)c2)cc(C(=O)C[C@H]2CCC[C@@H]2C(=O)Nc2cc(OCCC(C)C)cc(C(=O)OCc3ccccc3)c2)c1. The monoisotopic (exact) mass is 1050 g/mol. The number of rotatable bonds is 27. The molecule has 3 aliphatic rings. The van der Waals surface area contributed by atoms with Crippen LogP contribution < -0.4 is 30.2 Å². The van der Waals surface area contributed by atoms with Gasteiger partial charge in [-0.3, -0.25) is 24.0 Å². The highest BCUT2D eigenvalue weighted by Gasteiger charge is 2.37. The number of ether oxygens (including phenoxy) is 4. The van der Waals surface area contributed by atoms with Crippen molar-refractivity contribution in [3.05, 3.63) is 107 Å². The number of carbonyl (C=O) groups is 6. The Morgan fingerprint density at radius 3 is 1.29 bits per heavy atom. The third-order valence-electron chi connectivity index (χ3n) is 15.6. The summed E-state index contributed by atoms with van der Waals surface area (Å²) in [7, 11) is 0. The van der Waals surface area contributed by atoms with Crippen LogP contribution in [-0.4, -0.2) is 55.1 Å². The summed E-state index contributed by atoms with van der Waals surface area (Å²) in [5, 5.41) is 9.23. The van der Waals surface area contributed by atoms with Crippen LogP contribution >= 0.6 is 0 Å². The zero-order valence-corrected chi connectivity index (χ0v) is 46.6. The Hall–Kier alpha value is -6.50. The number of amides is 3. The van der Waals surface area contributed by atoms with Crippen LogP contribution in [0.25, 0.3) is 0 Å². The number of anilines is 3. The molecule has 13 nitrogen and oxygen atoms in total. The highest BCUT2D eigenvalue weighted by atomic mass is 16.5. The van der Waals surface area contributed by atoms with E-state index in [0.717, 1.165) is 56.9 Å². The van der Waals surface area contributed by atoms with Gasteiger partial charge in [0.1, 0.15) is 23.9 Å². The van der Waals surface area contributed by atoms with E-state index in [4.69, 9.17) is 18.9 Å². The van der Waals surface area contributed by atoms with Crippen molar-refractivity contribution in [3.63, 3.8) is 0 Å². The van der Waals surface area contributed by atoms with Gasteiger partial charge in [0.05, 0.1) is 25.4 Å². The van der Waals surface area contributed by atoms with Gasteiger partial charge in [-0.1, -0.05) is 98.1 Å². The molecular formula is C64H83N3O10. The first-order valence-corrected chi connectivity index (χ1v) is 28.5. The lowest BCUT2D eigenvalue weighted by Gasteiger charge is -2.21. The number of benzene rings is 4. The largest absolute Gasteiger partial charge is 0.493 e. The van der Waals surface area contributed by atoms with Gasteiger partial charge in [-0.2, -0.15) is 0 Å². The van der Waals surface area contributed by atoms with E-state index < -0.39 is 17.8 Å². The Morgan fingerprint density at radius 2 is 0.870 bits per heavy atom. The summed E-state index contributed by atoms with van der Waals surface area (Å²) in [6.45, 7) is 16.2. The summed E-state index contributed by atoms with van der Waals surface area (Å²) < 4.78 is 24.0. The second-order valence-corrected chi connectivity index (χ2v) is 23.2. The Morgan fingerprint density at radius 1 is 0.481 bits per heavy atom. The molecule has 3 N–H and O–H groups in total. The van der Waals surface area contributed by atoms with Gasteiger partial charge in [-0.05, 0) is 135 Å². The minimum atomic E-state index is -0.543. The van der Waals surface area contributed by atoms with Crippen LogP contribution in [0.5, 0.6) is 17.2 Å². The van der Waals surface area contributed by atoms with Gasteiger partial charge in [0, 0.05) is 77.0 Å². The van der Waals surface area contributed by atoms with Crippen LogP contribution in [0, 0.1) is 53.3 Å². The molecule has 13 heteroatoms. The zero-order chi connectivity index (χ0) is 55.0. The molecule has 0 unspecified atom stereocenters. The van der Waals surface area contributed by atoms with Crippen molar-refractivity contribution < 1.29 is 47.7 Å². The maximum Gasteiger partial charge on any atom is 0.338 e. The topological polar surface area (TPSA) is 175 Å². The van der Waals surface area contributed by atoms with Crippen LogP contribution in [0.2, 0.25) is 0 Å². The first kappa shape index (κ1) is 58.2. The van der Waals surface area contributed by atoms with Gasteiger partial charge in [0.25, 0.3) is 0 Å². The normalized spacial score (nSPS) is 20.0. The minimum absolute atomic E-state index is 0.0396. The standard InChI is InChI=1S/C64H83N3O10/c1-40(2)22-25-74-53-31-47(28-50(36-53)65-61(70)56-19-11-14-43(56)7)59(68)34-45-17-12-20-57(45)62(71)66-51-29-48(32-54(37-51)75-26-23-41(3)4)60(69)35-46-18-13-21-58(46)63(72)67-52-30-49(33-55(38-52)76-27-24-42(5)6)64(73)77-39-44-15-9-8-10-16-44/h8-10,15-16,28-33,36-38,40-43,45-46,56-58H,11-14,17-27,34-35,39H2,1-7H3,(H,65,70)(H,66,71)(H,67,72)/t43-,45+,46+,56-,57-,58-/m0/s1. The molecular weight excluding hydrogens is 971 g/mol. The molecule has 0 radical (unpaired) electrons. The predicted octanol–water partition coefficient (Wildman–Crippen LogP) is 13.9. The molecule has 3 saturated carbocycles. The second kappa shape index (κ2) is 28.2. The van der Waals surface area contributed by atoms with Crippen molar-refractivity contribution in [2.75, 3.05) is 35.8 Å². The van der Waals surface area contributed by atoms with E-state index in [1.54, 1.807) is 54.6 Å². The molecule has 0 heterocycles. The average molecular weight is 1050 g/mol. The molecule has 4 aromatic rings. The van der Waals surface area contributed by atoms with E-state index >= 15 is 0 Å². The maximum absolute atomic E-state index is 14.4. The number of nitrogens with one attached hydrogen (secondary N) is 3. The van der Waals surface area contributed by atoms with Crippen LogP contribution in [0.4, 0.5) is 17.1 Å². The van der Waals surface area contributed by atoms with E-state index in [1.165, 1.54) is 0 Å². The fraction of sp³-hybridized carbons (Fsp3) is 0.531. The van der Waals surface area contributed by atoms with Gasteiger partial charge < -0.3 is 34.9 Å². The summed E-state index contributed by atoms with van der Waals surface area (Å²) in [6, 6.07) is 24.8. The lowest BCUT2D eigenvalue weighted by Crippen LogP contribution is -2.28. The molecule has 3 amide bonds. The van der Waals surface area contributed by atoms with Crippen LogP contribution in [-0.2, 0) is 25.7 Å². The highest BCUT2D eigenvalue weighted by Crippen LogP contribution is 2.40. The quantitative estimate of drug-likeness (QED) is 0.0385. The molecule has 3 aliphatic carbocycles. The molecule has 0 aromatic heterocycles. The van der Waals surface area contributed by atoms with Gasteiger partial charge in [-0.15, -0.1) is 0 Å².